The molecule has 16 heavy (non-hydrogen) atoms. The Balaban J connectivity index is 3.05. The molecule has 0 N–H and O–H groups in total. The van der Waals surface area contributed by atoms with Gasteiger partial charge in [-0.3, -0.25) is 9.69 Å². The quantitative estimate of drug-likeness (QED) is 0.404. The molecule has 0 bridgehead atoms. The molecule has 1 fully saturated rings. The monoisotopic (exact) mass is 225 g/mol. The highest BCUT2D eigenvalue weighted by atomic mass is 16.5. The molecule has 0 aromatic rings. The summed E-state index contributed by atoms with van der Waals surface area (Å²) >= 11 is 0. The minimum absolute atomic E-state index is 0.0270. The Morgan fingerprint density at radius 3 is 2.56 bits per heavy atom. The minimum atomic E-state index is -0.641. The Labute approximate surface area is 96.0 Å². The van der Waals surface area contributed by atoms with Gasteiger partial charge in [0, 0.05) is 6.92 Å². The van der Waals surface area contributed by atoms with Gasteiger partial charge in [0.05, 0.1) is 12.6 Å². The van der Waals surface area contributed by atoms with Gasteiger partial charge < -0.3 is 10.3 Å². The standard InChI is InChI=1S/C11H19N3O2/c1-7(2)9-6-16-11(4,5)14(9)10(15)8(3)13-12/h7,9H,6H2,1-5H3. The van der Waals surface area contributed by atoms with Gasteiger partial charge in [-0.1, -0.05) is 13.8 Å². The first-order valence-electron chi connectivity index (χ1n) is 5.47. The van der Waals surface area contributed by atoms with E-state index < -0.39 is 5.72 Å². The molecule has 1 saturated heterocycles. The van der Waals surface area contributed by atoms with E-state index in [2.05, 4.69) is 4.79 Å². The second-order valence-electron chi connectivity index (χ2n) is 4.93. The van der Waals surface area contributed by atoms with Crippen LogP contribution in [0.5, 0.6) is 0 Å². The smallest absolute Gasteiger partial charge is 0.353 e. The van der Waals surface area contributed by atoms with Gasteiger partial charge in [-0.2, -0.15) is 4.79 Å². The number of rotatable bonds is 2. The topological polar surface area (TPSA) is 65.9 Å². The summed E-state index contributed by atoms with van der Waals surface area (Å²) in [5.41, 5.74) is 8.11. The summed E-state index contributed by atoms with van der Waals surface area (Å²) in [5.74, 6) is 0.0286. The summed E-state index contributed by atoms with van der Waals surface area (Å²) in [4.78, 5) is 16.7. The maximum atomic E-state index is 12.1. The average molecular weight is 225 g/mol. The van der Waals surface area contributed by atoms with Crippen LogP contribution < -0.4 is 0 Å². The van der Waals surface area contributed by atoms with E-state index in [0.29, 0.717) is 12.5 Å². The lowest BCUT2D eigenvalue weighted by atomic mass is 10.0. The maximum Gasteiger partial charge on any atom is 0.353 e. The third-order valence-electron chi connectivity index (χ3n) is 2.97. The highest BCUT2D eigenvalue weighted by Gasteiger charge is 2.46. The van der Waals surface area contributed by atoms with Gasteiger partial charge in [-0.25, -0.2) is 0 Å². The van der Waals surface area contributed by atoms with E-state index in [9.17, 15) is 4.79 Å². The van der Waals surface area contributed by atoms with E-state index in [4.69, 9.17) is 10.3 Å². The molecule has 1 aliphatic rings. The number of nitrogens with zero attached hydrogens (tertiary/aromatic N) is 3. The molecule has 1 rings (SSSR count). The van der Waals surface area contributed by atoms with Crippen LogP contribution in [0.15, 0.2) is 0 Å². The lowest BCUT2D eigenvalue weighted by Gasteiger charge is -2.33. The van der Waals surface area contributed by atoms with E-state index in [1.54, 1.807) is 4.90 Å². The number of amides is 1. The lowest BCUT2D eigenvalue weighted by molar-refractivity contribution is -0.143. The van der Waals surface area contributed by atoms with Crippen LogP contribution in [0.3, 0.4) is 0 Å². The highest BCUT2D eigenvalue weighted by molar-refractivity contribution is 6.35. The molecule has 0 saturated carbocycles. The molecule has 1 atom stereocenters. The third kappa shape index (κ3) is 2.15. The number of hydrogen-bond donors (Lipinski definition) is 0. The molecule has 1 amide bonds. The van der Waals surface area contributed by atoms with Crippen molar-refractivity contribution in [1.82, 2.24) is 4.90 Å². The van der Waals surface area contributed by atoms with Crippen LogP contribution in [0.4, 0.5) is 0 Å². The largest absolute Gasteiger partial charge is 0.361 e. The maximum absolute atomic E-state index is 12.1. The third-order valence-corrected chi connectivity index (χ3v) is 2.97. The SMILES string of the molecule is CC(=[N+]=[N-])C(=O)N1C(C(C)C)COC1(C)C. The van der Waals surface area contributed by atoms with E-state index >= 15 is 0 Å². The second kappa shape index (κ2) is 4.36. The zero-order valence-electron chi connectivity index (χ0n) is 10.5. The fourth-order valence-electron chi connectivity index (χ4n) is 1.94. The molecular weight excluding hydrogens is 206 g/mol. The normalized spacial score (nSPS) is 23.4. The molecular formula is C11H19N3O2. The summed E-state index contributed by atoms with van der Waals surface area (Å²) in [6, 6.07) is 0.0270. The fraction of sp³-hybridized carbons (Fsp3) is 0.818. The van der Waals surface area contributed by atoms with Crippen molar-refractivity contribution in [2.45, 2.75) is 46.4 Å². The Bertz CT molecular complexity index is 343. The predicted octanol–water partition coefficient (Wildman–Crippen LogP) is 1.30. The molecule has 0 aromatic carbocycles. The Morgan fingerprint density at radius 1 is 1.56 bits per heavy atom. The van der Waals surface area contributed by atoms with Crippen molar-refractivity contribution in [2.24, 2.45) is 5.92 Å². The number of hydrogen-bond acceptors (Lipinski definition) is 2. The summed E-state index contributed by atoms with van der Waals surface area (Å²) < 4.78 is 5.61. The first kappa shape index (κ1) is 12.9. The molecule has 0 aromatic heterocycles. The molecule has 5 heteroatoms. The highest BCUT2D eigenvalue weighted by Crippen LogP contribution is 2.30. The minimum Gasteiger partial charge on any atom is -0.361 e. The molecule has 5 nitrogen and oxygen atoms in total. The van der Waals surface area contributed by atoms with Crippen LogP contribution in [0.2, 0.25) is 0 Å². The lowest BCUT2D eigenvalue weighted by Crippen LogP contribution is -2.51. The van der Waals surface area contributed by atoms with E-state index in [1.807, 2.05) is 27.7 Å². The van der Waals surface area contributed by atoms with Crippen LogP contribution in [-0.2, 0) is 9.53 Å². The summed E-state index contributed by atoms with van der Waals surface area (Å²) in [7, 11) is 0. The van der Waals surface area contributed by atoms with Gasteiger partial charge in [0.1, 0.15) is 5.72 Å². The van der Waals surface area contributed by atoms with Crippen molar-refractivity contribution < 1.29 is 14.3 Å². The van der Waals surface area contributed by atoms with Gasteiger partial charge in [0.15, 0.2) is 0 Å². The zero-order valence-corrected chi connectivity index (χ0v) is 10.5. The molecule has 1 heterocycles. The number of ether oxygens (including phenoxy) is 1. The van der Waals surface area contributed by atoms with E-state index in [0.717, 1.165) is 0 Å². The van der Waals surface area contributed by atoms with Gasteiger partial charge in [0.2, 0.25) is 0 Å². The van der Waals surface area contributed by atoms with Crippen molar-refractivity contribution in [2.75, 3.05) is 6.61 Å². The Kier molecular flexibility index (Phi) is 3.51. The van der Waals surface area contributed by atoms with E-state index in [-0.39, 0.29) is 17.7 Å². The van der Waals surface area contributed by atoms with E-state index in [1.165, 1.54) is 6.92 Å². The van der Waals surface area contributed by atoms with Crippen molar-refractivity contribution in [1.29, 1.82) is 0 Å². The van der Waals surface area contributed by atoms with Gasteiger partial charge in [-0.05, 0) is 19.8 Å². The van der Waals surface area contributed by atoms with Crippen molar-refractivity contribution in [3.8, 4) is 0 Å². The van der Waals surface area contributed by atoms with Crippen molar-refractivity contribution in [3.05, 3.63) is 5.53 Å². The molecule has 0 spiro atoms. The molecule has 90 valence electrons. The average Bonchev–Trinajstić information content (AvgIpc) is 2.51. The van der Waals surface area contributed by atoms with Crippen LogP contribution >= 0.6 is 0 Å². The molecule has 1 unspecified atom stereocenters. The van der Waals surface area contributed by atoms with Gasteiger partial charge >= 0.3 is 11.6 Å². The number of carbonyl (C=O) groups excluding carboxylic acids is 1. The number of carbonyl (C=O) groups is 1. The fourth-order valence-corrected chi connectivity index (χ4v) is 1.94. The second-order valence-corrected chi connectivity index (χ2v) is 4.93. The Hall–Kier alpha value is -1.19. The van der Waals surface area contributed by atoms with Crippen molar-refractivity contribution >= 4 is 11.6 Å². The van der Waals surface area contributed by atoms with Crippen LogP contribution in [0, 0.1) is 5.92 Å². The molecule has 1 aliphatic heterocycles. The van der Waals surface area contributed by atoms with Crippen LogP contribution in [0.1, 0.15) is 34.6 Å². The zero-order chi connectivity index (χ0) is 12.5. The summed E-state index contributed by atoms with van der Waals surface area (Å²) in [6.07, 6.45) is 0. The predicted molar refractivity (Wildman–Crippen MR) is 59.8 cm³/mol. The summed E-state index contributed by atoms with van der Waals surface area (Å²) in [5, 5.41) is 0. The van der Waals surface area contributed by atoms with Crippen LogP contribution in [-0.4, -0.2) is 39.7 Å². The van der Waals surface area contributed by atoms with Gasteiger partial charge in [-0.15, -0.1) is 0 Å². The molecule has 0 aliphatic carbocycles. The first-order chi connectivity index (χ1) is 7.31. The first-order valence-corrected chi connectivity index (χ1v) is 5.47. The van der Waals surface area contributed by atoms with Gasteiger partial charge in [0.25, 0.3) is 0 Å². The summed E-state index contributed by atoms with van der Waals surface area (Å²) in [6.45, 7) is 9.79. The molecule has 0 radical (unpaired) electrons. The van der Waals surface area contributed by atoms with Crippen molar-refractivity contribution in [3.63, 3.8) is 0 Å². The Morgan fingerprint density at radius 2 is 2.12 bits per heavy atom. The van der Waals surface area contributed by atoms with Crippen LogP contribution in [0.25, 0.3) is 5.53 Å².